The number of ether oxygens (including phenoxy) is 1. The van der Waals surface area contributed by atoms with Crippen molar-refractivity contribution in [3.05, 3.63) is 146 Å². The highest BCUT2D eigenvalue weighted by molar-refractivity contribution is 6.00. The van der Waals surface area contributed by atoms with Crippen molar-refractivity contribution in [2.45, 2.75) is 88.9 Å². The third kappa shape index (κ3) is 6.14. The number of halogens is 2. The first-order valence-corrected chi connectivity index (χ1v) is 21.7. The summed E-state index contributed by atoms with van der Waals surface area (Å²) >= 11 is 0. The van der Waals surface area contributed by atoms with Crippen LogP contribution in [0.4, 0.5) is 8.78 Å². The monoisotopic (exact) mass is 868 g/mol. The first-order valence-electron chi connectivity index (χ1n) is 21.7. The Kier molecular flexibility index (Phi) is 8.93. The van der Waals surface area contributed by atoms with Crippen molar-refractivity contribution in [1.82, 2.24) is 48.3 Å². The average molecular weight is 869 g/mol. The van der Waals surface area contributed by atoms with Crippen LogP contribution in [-0.4, -0.2) is 73.0 Å². The van der Waals surface area contributed by atoms with E-state index in [4.69, 9.17) is 14.4 Å². The van der Waals surface area contributed by atoms with E-state index in [0.29, 0.717) is 66.5 Å². The van der Waals surface area contributed by atoms with Gasteiger partial charge in [0.25, 0.3) is 5.91 Å². The zero-order chi connectivity index (χ0) is 44.4. The van der Waals surface area contributed by atoms with E-state index in [0.717, 1.165) is 29.3 Å². The molecule has 17 heteroatoms. The number of H-pyrrole nitrogens is 1. The second-order valence-electron chi connectivity index (χ2n) is 18.2. The number of benzene rings is 3. The molecule has 64 heavy (non-hydrogen) atoms. The van der Waals surface area contributed by atoms with Crippen molar-refractivity contribution in [1.29, 1.82) is 0 Å². The minimum absolute atomic E-state index is 0.0552. The van der Waals surface area contributed by atoms with Gasteiger partial charge in [0.05, 0.1) is 46.2 Å². The molecule has 7 heterocycles. The molecule has 0 unspecified atom stereocenters. The van der Waals surface area contributed by atoms with E-state index >= 15 is 9.18 Å². The Morgan fingerprint density at radius 3 is 2.48 bits per heavy atom. The van der Waals surface area contributed by atoms with Crippen molar-refractivity contribution in [3.63, 3.8) is 0 Å². The summed E-state index contributed by atoms with van der Waals surface area (Å²) in [5.74, 6) is -0.852. The second kappa shape index (κ2) is 14.3. The number of nitrogens with zero attached hydrogens (tertiary/aromatic N) is 9. The number of carbonyl (C=O) groups excluding carboxylic acids is 1. The lowest BCUT2D eigenvalue weighted by Gasteiger charge is -2.35. The number of aryl methyl sites for hydroxylation is 1. The molecule has 5 aromatic heterocycles. The highest BCUT2D eigenvalue weighted by Crippen LogP contribution is 2.51. The summed E-state index contributed by atoms with van der Waals surface area (Å²) in [4.78, 5) is 47.0. The molecule has 1 aliphatic carbocycles. The predicted octanol–water partition coefficient (Wildman–Crippen LogP) is 7.20. The summed E-state index contributed by atoms with van der Waals surface area (Å²) in [6.45, 7) is 9.04. The standard InChI is InChI=1S/C47H46F2N10O5/c1-26(28-6-9-32(48)10-7-28)59-41(57-20-19-56(45(57)62)37-13-12-36-33(40(37)49)25-50-54(36)5)39-27(2)55(18-14-34(39)52-59)42(60)38-23-31-22-29(30-15-21-63-46(3,4)24-30)8-11-35(31)58(38)47(16-17-47)43-51-44(61)64-53-43/h6-13,19-20,22-23,25-27,30H,14-18,21,24H2,1-5H3,(H,51,53,61)/t26-,27-,30-/m0/s1. The Labute approximate surface area is 364 Å². The lowest BCUT2D eigenvalue weighted by molar-refractivity contribution is -0.0592. The van der Waals surface area contributed by atoms with E-state index < -0.39 is 34.9 Å². The minimum Gasteiger partial charge on any atom is -0.376 e. The molecule has 1 saturated carbocycles. The van der Waals surface area contributed by atoms with Gasteiger partial charge >= 0.3 is 11.4 Å². The Balaban J connectivity index is 1.04. The third-order valence-electron chi connectivity index (χ3n) is 13.8. The highest BCUT2D eigenvalue weighted by atomic mass is 19.1. The summed E-state index contributed by atoms with van der Waals surface area (Å²) in [5, 5.41) is 14.6. The molecule has 2 fully saturated rings. The average Bonchev–Trinajstić information content (AvgIpc) is 3.73. The van der Waals surface area contributed by atoms with Gasteiger partial charge < -0.3 is 14.2 Å². The summed E-state index contributed by atoms with van der Waals surface area (Å²) in [5.41, 5.74) is 3.55. The zero-order valence-electron chi connectivity index (χ0n) is 36.0. The van der Waals surface area contributed by atoms with Gasteiger partial charge in [-0.2, -0.15) is 10.2 Å². The van der Waals surface area contributed by atoms with Gasteiger partial charge in [0.15, 0.2) is 11.6 Å². The summed E-state index contributed by atoms with van der Waals surface area (Å²) in [6.07, 6.45) is 7.90. The number of hydrogen-bond donors (Lipinski definition) is 1. The van der Waals surface area contributed by atoms with Gasteiger partial charge in [-0.05, 0) is 113 Å². The fourth-order valence-corrected chi connectivity index (χ4v) is 10.3. The van der Waals surface area contributed by atoms with E-state index in [-0.39, 0.29) is 34.3 Å². The number of rotatable bonds is 8. The maximum absolute atomic E-state index is 16.1. The van der Waals surface area contributed by atoms with Crippen LogP contribution in [0.3, 0.4) is 0 Å². The molecule has 2 aliphatic heterocycles. The van der Waals surface area contributed by atoms with E-state index in [2.05, 4.69) is 47.3 Å². The summed E-state index contributed by atoms with van der Waals surface area (Å²) < 4.78 is 49.3. The van der Waals surface area contributed by atoms with E-state index in [9.17, 15) is 14.0 Å². The van der Waals surface area contributed by atoms with Gasteiger partial charge in [0, 0.05) is 55.5 Å². The number of nitrogens with one attached hydrogen (secondary N) is 1. The van der Waals surface area contributed by atoms with Gasteiger partial charge in [0.1, 0.15) is 22.9 Å². The van der Waals surface area contributed by atoms with Crippen LogP contribution in [0.1, 0.15) is 110 Å². The lowest BCUT2D eigenvalue weighted by atomic mass is 9.83. The van der Waals surface area contributed by atoms with E-state index in [1.807, 2.05) is 24.5 Å². The largest absolute Gasteiger partial charge is 0.438 e. The van der Waals surface area contributed by atoms with Crippen molar-refractivity contribution in [2.24, 2.45) is 7.05 Å². The van der Waals surface area contributed by atoms with Gasteiger partial charge in [0.2, 0.25) is 0 Å². The third-order valence-corrected chi connectivity index (χ3v) is 13.8. The molecule has 8 aromatic rings. The molecule has 0 bridgehead atoms. The Morgan fingerprint density at radius 1 is 0.984 bits per heavy atom. The van der Waals surface area contributed by atoms with Crippen molar-refractivity contribution in [3.8, 4) is 11.5 Å². The SMILES string of the molecule is C[C@H]1c2c(nn([C@@H](C)c3ccc(F)cc3)c2-n2ccn(-c3ccc4c(cnn4C)c3F)c2=O)CCN1C(=O)c1cc2cc([C@H]3CCOC(C)(C)C3)ccc2n1C1(c2noc(=O)[nH]2)CC1. The van der Waals surface area contributed by atoms with Gasteiger partial charge in [-0.25, -0.2) is 23.1 Å². The summed E-state index contributed by atoms with van der Waals surface area (Å²) in [7, 11) is 1.72. The van der Waals surface area contributed by atoms with Gasteiger partial charge in [-0.3, -0.25) is 28.1 Å². The second-order valence-corrected chi connectivity index (χ2v) is 18.2. The van der Waals surface area contributed by atoms with Crippen LogP contribution in [-0.2, 0) is 23.7 Å². The number of fused-ring (bicyclic) bond motifs is 3. The van der Waals surface area contributed by atoms with Crippen LogP contribution in [0.5, 0.6) is 0 Å². The lowest BCUT2D eigenvalue weighted by Crippen LogP contribution is -2.41. The smallest absolute Gasteiger partial charge is 0.376 e. The molecular weight excluding hydrogens is 823 g/mol. The number of imidazole rings is 1. The van der Waals surface area contributed by atoms with Crippen LogP contribution < -0.4 is 11.4 Å². The van der Waals surface area contributed by atoms with Crippen LogP contribution in [0.25, 0.3) is 33.3 Å². The maximum atomic E-state index is 16.1. The van der Waals surface area contributed by atoms with Gasteiger partial charge in [-0.1, -0.05) is 23.4 Å². The van der Waals surface area contributed by atoms with Crippen molar-refractivity contribution < 1.29 is 22.8 Å². The first-order chi connectivity index (χ1) is 30.7. The van der Waals surface area contributed by atoms with Crippen molar-refractivity contribution >= 4 is 27.7 Å². The quantitative estimate of drug-likeness (QED) is 0.168. The fourth-order valence-electron chi connectivity index (χ4n) is 10.3. The minimum atomic E-state index is -0.809. The Hall–Kier alpha value is -6.88. The molecule has 328 valence electrons. The normalized spacial score (nSPS) is 19.6. The molecule has 1 amide bonds. The zero-order valence-corrected chi connectivity index (χ0v) is 36.0. The van der Waals surface area contributed by atoms with E-state index in [1.165, 1.54) is 39.2 Å². The molecule has 3 aromatic carbocycles. The number of aromatic amines is 1. The molecule has 3 aliphatic rings. The predicted molar refractivity (Wildman–Crippen MR) is 232 cm³/mol. The van der Waals surface area contributed by atoms with Crippen LogP contribution in [0, 0.1) is 11.6 Å². The molecule has 3 atom stereocenters. The topological polar surface area (TPSA) is 156 Å². The van der Waals surface area contributed by atoms with E-state index in [1.54, 1.807) is 51.8 Å². The Bertz CT molecular complexity index is 3290. The van der Waals surface area contributed by atoms with Crippen LogP contribution in [0.15, 0.2) is 93.4 Å². The van der Waals surface area contributed by atoms with Crippen molar-refractivity contribution in [2.75, 3.05) is 13.2 Å². The number of amides is 1. The first kappa shape index (κ1) is 39.9. The molecule has 15 nitrogen and oxygen atoms in total. The number of hydrogen-bond acceptors (Lipinski definition) is 8. The molecule has 0 radical (unpaired) electrons. The molecule has 1 N–H and O–H groups in total. The van der Waals surface area contributed by atoms with Crippen LogP contribution >= 0.6 is 0 Å². The molecule has 11 rings (SSSR count). The molecular formula is C47H46F2N10O5. The van der Waals surface area contributed by atoms with Gasteiger partial charge in [-0.15, -0.1) is 0 Å². The summed E-state index contributed by atoms with van der Waals surface area (Å²) in [6, 6.07) is 16.6. The van der Waals surface area contributed by atoms with Crippen LogP contribution in [0.2, 0.25) is 0 Å². The Morgan fingerprint density at radius 2 is 1.75 bits per heavy atom. The molecule has 0 spiro atoms. The highest BCUT2D eigenvalue weighted by Gasteiger charge is 2.52. The number of carbonyl (C=O) groups is 1. The maximum Gasteiger partial charge on any atom is 0.438 e. The fraction of sp³-hybridized carbons (Fsp3) is 0.362. The molecule has 1 saturated heterocycles. The number of aromatic nitrogens is 9.